The molecule has 25 heavy (non-hydrogen) atoms. The summed E-state index contributed by atoms with van der Waals surface area (Å²) in [6, 6.07) is 12.3. The van der Waals surface area contributed by atoms with E-state index in [2.05, 4.69) is 53.1 Å². The van der Waals surface area contributed by atoms with Gasteiger partial charge in [-0.3, -0.25) is 4.79 Å². The molecule has 134 valence electrons. The van der Waals surface area contributed by atoms with Crippen molar-refractivity contribution in [3.63, 3.8) is 0 Å². The molecular formula is C20H28N4O. The van der Waals surface area contributed by atoms with Crippen molar-refractivity contribution < 1.29 is 4.79 Å². The van der Waals surface area contributed by atoms with Crippen LogP contribution in [0.5, 0.6) is 0 Å². The molecule has 5 nitrogen and oxygen atoms in total. The smallest absolute Gasteiger partial charge is 0.270 e. The third-order valence-corrected chi connectivity index (χ3v) is 3.99. The number of hydrogen-bond donors (Lipinski definition) is 1. The molecule has 1 N–H and O–H groups in total. The van der Waals surface area contributed by atoms with E-state index in [1.165, 1.54) is 5.56 Å². The van der Waals surface area contributed by atoms with Crippen molar-refractivity contribution in [2.45, 2.75) is 53.1 Å². The SMILES string of the molecule is CCCCNC(=O)c1cc(N(Cc2ccccc2)C(C)C)nc(C)n1. The Labute approximate surface area is 150 Å². The van der Waals surface area contributed by atoms with Crippen LogP contribution >= 0.6 is 0 Å². The van der Waals surface area contributed by atoms with Crippen molar-refractivity contribution in [2.75, 3.05) is 11.4 Å². The number of aromatic nitrogens is 2. The molecule has 1 amide bonds. The summed E-state index contributed by atoms with van der Waals surface area (Å²) < 4.78 is 0. The Morgan fingerprint density at radius 2 is 1.92 bits per heavy atom. The molecule has 0 saturated carbocycles. The molecule has 0 aliphatic rings. The van der Waals surface area contributed by atoms with Crippen LogP contribution in [0.3, 0.4) is 0 Å². The largest absolute Gasteiger partial charge is 0.351 e. The zero-order valence-corrected chi connectivity index (χ0v) is 15.6. The van der Waals surface area contributed by atoms with E-state index in [0.29, 0.717) is 18.1 Å². The fraction of sp³-hybridized carbons (Fsp3) is 0.450. The van der Waals surface area contributed by atoms with E-state index in [0.717, 1.165) is 25.2 Å². The predicted octanol–water partition coefficient (Wildman–Crippen LogP) is 3.73. The highest BCUT2D eigenvalue weighted by atomic mass is 16.1. The molecule has 1 aromatic carbocycles. The van der Waals surface area contributed by atoms with Crippen molar-refractivity contribution in [1.82, 2.24) is 15.3 Å². The van der Waals surface area contributed by atoms with E-state index >= 15 is 0 Å². The van der Waals surface area contributed by atoms with Crippen LogP contribution in [-0.2, 0) is 6.54 Å². The van der Waals surface area contributed by atoms with Crippen molar-refractivity contribution in [3.05, 3.63) is 53.5 Å². The molecule has 0 radical (unpaired) electrons. The van der Waals surface area contributed by atoms with Crippen LogP contribution in [0.2, 0.25) is 0 Å². The van der Waals surface area contributed by atoms with Gasteiger partial charge in [0.1, 0.15) is 17.3 Å². The maximum atomic E-state index is 12.4. The molecule has 0 fully saturated rings. The zero-order valence-electron chi connectivity index (χ0n) is 15.6. The number of unbranched alkanes of at least 4 members (excludes halogenated alkanes) is 1. The van der Waals surface area contributed by atoms with Crippen LogP contribution in [0.1, 0.15) is 55.5 Å². The molecule has 0 bridgehead atoms. The number of hydrogen-bond acceptors (Lipinski definition) is 4. The van der Waals surface area contributed by atoms with Gasteiger partial charge >= 0.3 is 0 Å². The highest BCUT2D eigenvalue weighted by molar-refractivity contribution is 5.92. The highest BCUT2D eigenvalue weighted by Gasteiger charge is 2.17. The third kappa shape index (κ3) is 5.55. The number of benzene rings is 1. The van der Waals surface area contributed by atoms with Crippen molar-refractivity contribution >= 4 is 11.7 Å². The summed E-state index contributed by atoms with van der Waals surface area (Å²) in [4.78, 5) is 23.4. The van der Waals surface area contributed by atoms with Gasteiger partial charge in [0.2, 0.25) is 0 Å². The number of rotatable bonds is 8. The first-order chi connectivity index (χ1) is 12.0. The molecule has 0 saturated heterocycles. The summed E-state index contributed by atoms with van der Waals surface area (Å²) in [5.74, 6) is 1.26. The molecule has 1 aromatic heterocycles. The molecule has 0 unspecified atom stereocenters. The Morgan fingerprint density at radius 1 is 1.20 bits per heavy atom. The summed E-state index contributed by atoms with van der Waals surface area (Å²) in [6.45, 7) is 9.59. The molecular weight excluding hydrogens is 312 g/mol. The van der Waals surface area contributed by atoms with E-state index < -0.39 is 0 Å². The van der Waals surface area contributed by atoms with Gasteiger partial charge in [0.05, 0.1) is 0 Å². The van der Waals surface area contributed by atoms with Crippen LogP contribution in [0.4, 0.5) is 5.82 Å². The fourth-order valence-electron chi connectivity index (χ4n) is 2.59. The minimum absolute atomic E-state index is 0.136. The van der Waals surface area contributed by atoms with Gasteiger partial charge in [0, 0.05) is 25.2 Å². The second-order valence-electron chi connectivity index (χ2n) is 6.48. The van der Waals surface area contributed by atoms with Gasteiger partial charge in [-0.15, -0.1) is 0 Å². The van der Waals surface area contributed by atoms with Gasteiger partial charge in [-0.05, 0) is 32.8 Å². The number of amides is 1. The lowest BCUT2D eigenvalue weighted by molar-refractivity contribution is 0.0947. The third-order valence-electron chi connectivity index (χ3n) is 3.99. The normalized spacial score (nSPS) is 10.8. The van der Waals surface area contributed by atoms with Crippen molar-refractivity contribution in [3.8, 4) is 0 Å². The van der Waals surface area contributed by atoms with E-state index in [9.17, 15) is 4.79 Å². The van der Waals surface area contributed by atoms with Crippen LogP contribution in [-0.4, -0.2) is 28.5 Å². The molecule has 0 aliphatic carbocycles. The topological polar surface area (TPSA) is 58.1 Å². The summed E-state index contributed by atoms with van der Waals surface area (Å²) in [6.07, 6.45) is 2.02. The number of carbonyl (C=O) groups excluding carboxylic acids is 1. The average Bonchev–Trinajstić information content (AvgIpc) is 2.60. The number of aryl methyl sites for hydroxylation is 1. The Kier molecular flexibility index (Phi) is 6.92. The maximum Gasteiger partial charge on any atom is 0.270 e. The Morgan fingerprint density at radius 3 is 2.56 bits per heavy atom. The van der Waals surface area contributed by atoms with Crippen LogP contribution in [0, 0.1) is 6.92 Å². The summed E-state index contributed by atoms with van der Waals surface area (Å²) in [5, 5.41) is 2.92. The molecule has 1 heterocycles. The van der Waals surface area contributed by atoms with Crippen molar-refractivity contribution in [1.29, 1.82) is 0 Å². The standard InChI is InChI=1S/C20H28N4O/c1-5-6-12-21-20(25)18-13-19(23-16(4)22-18)24(15(2)3)14-17-10-8-7-9-11-17/h7-11,13,15H,5-6,12,14H2,1-4H3,(H,21,25). The quantitative estimate of drug-likeness (QED) is 0.744. The first-order valence-electron chi connectivity index (χ1n) is 8.95. The minimum Gasteiger partial charge on any atom is -0.351 e. The molecule has 5 heteroatoms. The lowest BCUT2D eigenvalue weighted by Gasteiger charge is -2.28. The van der Waals surface area contributed by atoms with E-state index in [1.54, 1.807) is 6.07 Å². The summed E-state index contributed by atoms with van der Waals surface area (Å²) in [7, 11) is 0. The number of nitrogens with zero attached hydrogens (tertiary/aromatic N) is 3. The monoisotopic (exact) mass is 340 g/mol. The van der Waals surface area contributed by atoms with Crippen LogP contribution < -0.4 is 10.2 Å². The molecule has 0 spiro atoms. The second-order valence-corrected chi connectivity index (χ2v) is 6.48. The Bertz CT molecular complexity index is 685. The van der Waals surface area contributed by atoms with Crippen LogP contribution in [0.25, 0.3) is 0 Å². The van der Waals surface area contributed by atoms with E-state index in [-0.39, 0.29) is 11.9 Å². The minimum atomic E-state index is -0.136. The predicted molar refractivity (Wildman–Crippen MR) is 102 cm³/mol. The van der Waals surface area contributed by atoms with Gasteiger partial charge in [0.15, 0.2) is 0 Å². The number of nitrogens with one attached hydrogen (secondary N) is 1. The molecule has 0 aliphatic heterocycles. The first kappa shape index (κ1) is 18.9. The van der Waals surface area contributed by atoms with Crippen LogP contribution in [0.15, 0.2) is 36.4 Å². The van der Waals surface area contributed by atoms with Gasteiger partial charge in [0.25, 0.3) is 5.91 Å². The van der Waals surface area contributed by atoms with Gasteiger partial charge < -0.3 is 10.2 Å². The lowest BCUT2D eigenvalue weighted by atomic mass is 10.2. The first-order valence-corrected chi connectivity index (χ1v) is 8.95. The van der Waals surface area contributed by atoms with E-state index in [1.807, 2.05) is 25.1 Å². The molecule has 0 atom stereocenters. The zero-order chi connectivity index (χ0) is 18.2. The molecule has 2 aromatic rings. The summed E-state index contributed by atoms with van der Waals surface area (Å²) >= 11 is 0. The van der Waals surface area contributed by atoms with E-state index in [4.69, 9.17) is 0 Å². The molecule has 2 rings (SSSR count). The Hall–Kier alpha value is -2.43. The summed E-state index contributed by atoms with van der Waals surface area (Å²) in [5.41, 5.74) is 1.64. The lowest BCUT2D eigenvalue weighted by Crippen LogP contribution is -2.32. The fourth-order valence-corrected chi connectivity index (χ4v) is 2.59. The average molecular weight is 340 g/mol. The maximum absolute atomic E-state index is 12.4. The van der Waals surface area contributed by atoms with Crippen molar-refractivity contribution in [2.24, 2.45) is 0 Å². The van der Waals surface area contributed by atoms with Gasteiger partial charge in [-0.1, -0.05) is 43.7 Å². The Balaban J connectivity index is 2.24. The second kappa shape index (κ2) is 9.16. The number of carbonyl (C=O) groups is 1. The van der Waals surface area contributed by atoms with Gasteiger partial charge in [-0.2, -0.15) is 0 Å². The number of anilines is 1. The van der Waals surface area contributed by atoms with Gasteiger partial charge in [-0.25, -0.2) is 9.97 Å². The highest BCUT2D eigenvalue weighted by Crippen LogP contribution is 2.19.